The van der Waals surface area contributed by atoms with Crippen LogP contribution in [0.2, 0.25) is 0 Å². The van der Waals surface area contributed by atoms with Crippen molar-refractivity contribution in [1.29, 1.82) is 0 Å². The number of nitrogens with zero attached hydrogens (tertiary/aromatic N) is 1. The number of ether oxygens (including phenoxy) is 1. The molecule has 1 heterocycles. The largest absolute Gasteiger partial charge is 0.504 e. The van der Waals surface area contributed by atoms with Crippen LogP contribution in [0.1, 0.15) is 19.4 Å². The van der Waals surface area contributed by atoms with Crippen molar-refractivity contribution < 1.29 is 9.84 Å². The highest BCUT2D eigenvalue weighted by atomic mass is 16.5. The van der Waals surface area contributed by atoms with Crippen molar-refractivity contribution in [3.63, 3.8) is 0 Å². The molecule has 0 radical (unpaired) electrons. The lowest BCUT2D eigenvalue weighted by Crippen LogP contribution is -2.48. The molecule has 1 atom stereocenters. The Morgan fingerprint density at radius 2 is 2.11 bits per heavy atom. The van der Waals surface area contributed by atoms with Crippen LogP contribution in [0.15, 0.2) is 18.2 Å². The molecule has 0 saturated carbocycles. The van der Waals surface area contributed by atoms with Gasteiger partial charge in [-0.2, -0.15) is 0 Å². The summed E-state index contributed by atoms with van der Waals surface area (Å²) < 4.78 is 5.43. The van der Waals surface area contributed by atoms with Crippen LogP contribution in [-0.4, -0.2) is 48.8 Å². The zero-order valence-electron chi connectivity index (χ0n) is 11.9. The van der Waals surface area contributed by atoms with Crippen LogP contribution >= 0.6 is 0 Å². The Morgan fingerprint density at radius 3 is 2.79 bits per heavy atom. The SMILES string of the molecule is CCOc1cc(CC(C)N2CCNCC2)ccc1O. The monoisotopic (exact) mass is 264 g/mol. The van der Waals surface area contributed by atoms with E-state index < -0.39 is 0 Å². The third kappa shape index (κ3) is 3.85. The third-order valence-corrected chi connectivity index (χ3v) is 3.63. The molecule has 1 aliphatic rings. The molecule has 0 bridgehead atoms. The van der Waals surface area contributed by atoms with Crippen LogP contribution in [0.5, 0.6) is 11.5 Å². The molecule has 1 fully saturated rings. The van der Waals surface area contributed by atoms with Crippen molar-refractivity contribution in [3.05, 3.63) is 23.8 Å². The molecule has 2 rings (SSSR count). The maximum Gasteiger partial charge on any atom is 0.161 e. The molecule has 4 nitrogen and oxygen atoms in total. The Morgan fingerprint density at radius 1 is 1.37 bits per heavy atom. The average Bonchev–Trinajstić information content (AvgIpc) is 2.44. The van der Waals surface area contributed by atoms with Gasteiger partial charge in [-0.25, -0.2) is 0 Å². The van der Waals surface area contributed by atoms with Crippen LogP contribution in [0.3, 0.4) is 0 Å². The molecular weight excluding hydrogens is 240 g/mol. The van der Waals surface area contributed by atoms with Crippen LogP contribution in [0.4, 0.5) is 0 Å². The van der Waals surface area contributed by atoms with Crippen LogP contribution in [0.25, 0.3) is 0 Å². The molecule has 4 heteroatoms. The number of phenolic OH excluding ortho intramolecular Hbond substituents is 1. The molecule has 1 aliphatic heterocycles. The third-order valence-electron chi connectivity index (χ3n) is 3.63. The van der Waals surface area contributed by atoms with E-state index in [4.69, 9.17) is 4.74 Å². The first kappa shape index (κ1) is 14.2. The smallest absolute Gasteiger partial charge is 0.161 e. The van der Waals surface area contributed by atoms with E-state index >= 15 is 0 Å². The summed E-state index contributed by atoms with van der Waals surface area (Å²) >= 11 is 0. The molecule has 19 heavy (non-hydrogen) atoms. The lowest BCUT2D eigenvalue weighted by atomic mass is 10.0. The molecular formula is C15H24N2O2. The van der Waals surface area contributed by atoms with Crippen LogP contribution in [-0.2, 0) is 6.42 Å². The highest BCUT2D eigenvalue weighted by Gasteiger charge is 2.17. The summed E-state index contributed by atoms with van der Waals surface area (Å²) in [6.07, 6.45) is 0.986. The Labute approximate surface area is 115 Å². The van der Waals surface area contributed by atoms with Gasteiger partial charge >= 0.3 is 0 Å². The minimum absolute atomic E-state index is 0.223. The normalized spacial score (nSPS) is 18.2. The number of aromatic hydroxyl groups is 1. The summed E-state index contributed by atoms with van der Waals surface area (Å²) in [6, 6.07) is 6.18. The lowest BCUT2D eigenvalue weighted by Gasteiger charge is -2.33. The maximum atomic E-state index is 9.71. The summed E-state index contributed by atoms with van der Waals surface area (Å²) in [4.78, 5) is 2.50. The number of hydrogen-bond donors (Lipinski definition) is 2. The number of rotatable bonds is 5. The minimum Gasteiger partial charge on any atom is -0.504 e. The molecule has 0 aliphatic carbocycles. The zero-order chi connectivity index (χ0) is 13.7. The van der Waals surface area contributed by atoms with Gasteiger partial charge in [0.1, 0.15) is 0 Å². The summed E-state index contributed by atoms with van der Waals surface area (Å²) in [7, 11) is 0. The van der Waals surface area contributed by atoms with Crippen molar-refractivity contribution in [3.8, 4) is 11.5 Å². The maximum absolute atomic E-state index is 9.71. The number of phenols is 1. The van der Waals surface area contributed by atoms with Crippen molar-refractivity contribution in [2.24, 2.45) is 0 Å². The standard InChI is InChI=1S/C15H24N2O2/c1-3-19-15-11-13(4-5-14(15)18)10-12(2)17-8-6-16-7-9-17/h4-5,11-12,16,18H,3,6-10H2,1-2H3. The number of benzene rings is 1. The van der Waals surface area contributed by atoms with Gasteiger partial charge in [-0.3, -0.25) is 4.90 Å². The number of hydrogen-bond acceptors (Lipinski definition) is 4. The molecule has 0 amide bonds. The van der Waals surface area contributed by atoms with Crippen LogP contribution in [0, 0.1) is 0 Å². The number of piperazine rings is 1. The fourth-order valence-corrected chi connectivity index (χ4v) is 2.55. The molecule has 1 unspecified atom stereocenters. The molecule has 1 saturated heterocycles. The van der Waals surface area contributed by atoms with Gasteiger partial charge in [0.15, 0.2) is 11.5 Å². The van der Waals surface area contributed by atoms with E-state index in [0.29, 0.717) is 18.4 Å². The van der Waals surface area contributed by atoms with E-state index in [1.165, 1.54) is 5.56 Å². The van der Waals surface area contributed by atoms with Crippen LogP contribution < -0.4 is 10.1 Å². The fourth-order valence-electron chi connectivity index (χ4n) is 2.55. The Hall–Kier alpha value is -1.26. The first-order valence-corrected chi connectivity index (χ1v) is 7.10. The second-order valence-corrected chi connectivity index (χ2v) is 5.07. The van der Waals surface area contributed by atoms with Crippen molar-refractivity contribution in [2.75, 3.05) is 32.8 Å². The van der Waals surface area contributed by atoms with Crippen molar-refractivity contribution in [2.45, 2.75) is 26.3 Å². The molecule has 0 spiro atoms. The summed E-state index contributed by atoms with van der Waals surface area (Å²) in [5, 5.41) is 13.1. The van der Waals surface area contributed by atoms with Crippen molar-refractivity contribution in [1.82, 2.24) is 10.2 Å². The van der Waals surface area contributed by atoms with Gasteiger partial charge in [0.05, 0.1) is 6.61 Å². The highest BCUT2D eigenvalue weighted by molar-refractivity contribution is 5.42. The van der Waals surface area contributed by atoms with E-state index in [1.807, 2.05) is 19.1 Å². The highest BCUT2D eigenvalue weighted by Crippen LogP contribution is 2.27. The molecule has 1 aromatic rings. The summed E-state index contributed by atoms with van der Waals surface area (Å²) in [5.41, 5.74) is 1.22. The van der Waals surface area contributed by atoms with Gasteiger partial charge in [0.25, 0.3) is 0 Å². The summed E-state index contributed by atoms with van der Waals surface area (Å²) in [5.74, 6) is 0.813. The Balaban J connectivity index is 1.99. The first-order chi connectivity index (χ1) is 9.20. The molecule has 2 N–H and O–H groups in total. The van der Waals surface area contributed by atoms with Gasteiger partial charge in [-0.1, -0.05) is 6.07 Å². The van der Waals surface area contributed by atoms with Gasteiger partial charge in [0, 0.05) is 32.2 Å². The summed E-state index contributed by atoms with van der Waals surface area (Å²) in [6.45, 7) is 9.13. The Kier molecular flexibility index (Phi) is 5.05. The van der Waals surface area contributed by atoms with Gasteiger partial charge in [0.2, 0.25) is 0 Å². The van der Waals surface area contributed by atoms with Gasteiger partial charge in [-0.15, -0.1) is 0 Å². The van der Waals surface area contributed by atoms with Gasteiger partial charge in [-0.05, 0) is 38.0 Å². The van der Waals surface area contributed by atoms with E-state index in [9.17, 15) is 5.11 Å². The average molecular weight is 264 g/mol. The van der Waals surface area contributed by atoms with E-state index in [1.54, 1.807) is 6.07 Å². The quantitative estimate of drug-likeness (QED) is 0.848. The fraction of sp³-hybridized carbons (Fsp3) is 0.600. The van der Waals surface area contributed by atoms with E-state index in [0.717, 1.165) is 32.6 Å². The zero-order valence-corrected chi connectivity index (χ0v) is 11.9. The Bertz CT molecular complexity index is 403. The lowest BCUT2D eigenvalue weighted by molar-refractivity contribution is 0.183. The van der Waals surface area contributed by atoms with E-state index in [-0.39, 0.29) is 5.75 Å². The molecule has 106 valence electrons. The predicted octanol–water partition coefficient (Wildman–Crippen LogP) is 1.63. The number of nitrogens with one attached hydrogen (secondary N) is 1. The first-order valence-electron chi connectivity index (χ1n) is 7.10. The van der Waals surface area contributed by atoms with Gasteiger partial charge < -0.3 is 15.2 Å². The predicted molar refractivity (Wildman–Crippen MR) is 76.9 cm³/mol. The minimum atomic E-state index is 0.223. The second kappa shape index (κ2) is 6.78. The van der Waals surface area contributed by atoms with Crippen molar-refractivity contribution >= 4 is 0 Å². The second-order valence-electron chi connectivity index (χ2n) is 5.07. The topological polar surface area (TPSA) is 44.7 Å². The molecule has 0 aromatic heterocycles. The van der Waals surface area contributed by atoms with E-state index in [2.05, 4.69) is 17.1 Å². The molecule has 1 aromatic carbocycles.